The van der Waals surface area contributed by atoms with Crippen molar-refractivity contribution in [3.63, 3.8) is 0 Å². The van der Waals surface area contributed by atoms with Crippen LogP contribution in [0.3, 0.4) is 0 Å². The second-order valence-electron chi connectivity index (χ2n) is 6.98. The highest BCUT2D eigenvalue weighted by Gasteiger charge is 2.18. The molecule has 0 aliphatic heterocycles. The summed E-state index contributed by atoms with van der Waals surface area (Å²) in [5.41, 5.74) is 3.13. The zero-order valence-electron chi connectivity index (χ0n) is 16.5. The number of hydrogen-bond donors (Lipinski definition) is 1. The van der Waals surface area contributed by atoms with E-state index < -0.39 is 11.7 Å². The number of amides is 1. The molecule has 0 radical (unpaired) electrons. The zero-order chi connectivity index (χ0) is 22.1. The highest BCUT2D eigenvalue weighted by atomic mass is 32.1. The molecule has 5 rings (SSSR count). The van der Waals surface area contributed by atoms with E-state index in [0.29, 0.717) is 27.5 Å². The third-order valence-electron chi connectivity index (χ3n) is 4.89. The van der Waals surface area contributed by atoms with E-state index in [1.165, 1.54) is 35.7 Å². The fraction of sp³-hybridized carbons (Fsp3) is 0. The third kappa shape index (κ3) is 3.67. The second-order valence-corrected chi connectivity index (χ2v) is 7.92. The molecule has 6 nitrogen and oxygen atoms in total. The first kappa shape index (κ1) is 19.8. The lowest BCUT2D eigenvalue weighted by Gasteiger charge is -2.09. The van der Waals surface area contributed by atoms with E-state index in [-0.39, 0.29) is 11.3 Å². The van der Waals surface area contributed by atoms with Gasteiger partial charge in [-0.3, -0.25) is 9.59 Å². The Morgan fingerprint density at radius 3 is 2.69 bits per heavy atom. The van der Waals surface area contributed by atoms with Gasteiger partial charge in [0, 0.05) is 23.0 Å². The number of thiophene rings is 1. The molecular formula is C24H15FN4O2S. The van der Waals surface area contributed by atoms with Crippen LogP contribution in [0.2, 0.25) is 0 Å². The summed E-state index contributed by atoms with van der Waals surface area (Å²) in [6.07, 6.45) is 3.14. The first-order valence-electron chi connectivity index (χ1n) is 9.68. The van der Waals surface area contributed by atoms with Crippen molar-refractivity contribution in [1.82, 2.24) is 14.6 Å². The molecular weight excluding hydrogens is 427 g/mol. The van der Waals surface area contributed by atoms with E-state index in [0.717, 1.165) is 5.56 Å². The van der Waals surface area contributed by atoms with Crippen molar-refractivity contribution in [2.24, 2.45) is 0 Å². The summed E-state index contributed by atoms with van der Waals surface area (Å²) in [6, 6.07) is 18.1. The number of carbonyl (C=O) groups is 2. The monoisotopic (exact) mass is 442 g/mol. The molecule has 3 aromatic heterocycles. The number of fused-ring (bicyclic) bond motifs is 1. The maximum absolute atomic E-state index is 13.4. The number of nitrogens with zero attached hydrogens (tertiary/aromatic N) is 3. The maximum atomic E-state index is 13.4. The van der Waals surface area contributed by atoms with Gasteiger partial charge in [-0.2, -0.15) is 5.10 Å². The minimum absolute atomic E-state index is 0.129. The smallest absolute Gasteiger partial charge is 0.255 e. The van der Waals surface area contributed by atoms with Gasteiger partial charge in [0.1, 0.15) is 5.82 Å². The van der Waals surface area contributed by atoms with Crippen LogP contribution >= 0.6 is 11.3 Å². The largest absolute Gasteiger partial charge is 0.322 e. The number of ketones is 1. The Hall–Kier alpha value is -4.17. The third-order valence-corrected chi connectivity index (χ3v) is 5.76. The van der Waals surface area contributed by atoms with Gasteiger partial charge in [0.2, 0.25) is 5.78 Å². The lowest BCUT2D eigenvalue weighted by atomic mass is 10.1. The summed E-state index contributed by atoms with van der Waals surface area (Å²) in [5, 5.41) is 9.01. The molecule has 0 bridgehead atoms. The SMILES string of the molecule is O=C(Nc1cccc(-c2ccnc3c(C(=O)c4cccs4)cnn23)c1)c1cccc(F)c1. The van der Waals surface area contributed by atoms with Crippen LogP contribution < -0.4 is 5.32 Å². The van der Waals surface area contributed by atoms with Gasteiger partial charge in [-0.05, 0) is 47.8 Å². The average Bonchev–Trinajstić information content (AvgIpc) is 3.49. The number of rotatable bonds is 5. The molecule has 0 saturated carbocycles. The number of nitrogens with one attached hydrogen (secondary N) is 1. The van der Waals surface area contributed by atoms with Gasteiger partial charge in [0.05, 0.1) is 22.3 Å². The molecule has 0 saturated heterocycles. The van der Waals surface area contributed by atoms with E-state index in [9.17, 15) is 14.0 Å². The van der Waals surface area contributed by atoms with Crippen molar-refractivity contribution in [2.75, 3.05) is 5.32 Å². The van der Waals surface area contributed by atoms with E-state index in [1.807, 2.05) is 17.5 Å². The fourth-order valence-electron chi connectivity index (χ4n) is 3.40. The van der Waals surface area contributed by atoms with Crippen molar-refractivity contribution >= 4 is 34.4 Å². The molecule has 0 fully saturated rings. The van der Waals surface area contributed by atoms with Crippen molar-refractivity contribution in [1.29, 1.82) is 0 Å². The van der Waals surface area contributed by atoms with Crippen LogP contribution in [0.25, 0.3) is 16.9 Å². The molecule has 0 aliphatic rings. The fourth-order valence-corrected chi connectivity index (χ4v) is 4.08. The molecule has 1 amide bonds. The van der Waals surface area contributed by atoms with Gasteiger partial charge >= 0.3 is 0 Å². The second kappa shape index (κ2) is 8.16. The first-order valence-corrected chi connectivity index (χ1v) is 10.6. The molecule has 2 aromatic carbocycles. The van der Waals surface area contributed by atoms with Crippen molar-refractivity contribution in [3.05, 3.63) is 106 Å². The van der Waals surface area contributed by atoms with Crippen LogP contribution in [-0.4, -0.2) is 26.3 Å². The number of hydrogen-bond acceptors (Lipinski definition) is 5. The molecule has 3 heterocycles. The molecule has 5 aromatic rings. The highest BCUT2D eigenvalue weighted by Crippen LogP contribution is 2.25. The summed E-state index contributed by atoms with van der Waals surface area (Å²) in [4.78, 5) is 30.3. The Labute approximate surface area is 186 Å². The zero-order valence-corrected chi connectivity index (χ0v) is 17.3. The molecule has 0 aliphatic carbocycles. The Kier molecular flexibility index (Phi) is 5.04. The number of anilines is 1. The Balaban J connectivity index is 1.48. The maximum Gasteiger partial charge on any atom is 0.255 e. The predicted octanol–water partition coefficient (Wildman–Crippen LogP) is 5.08. The van der Waals surface area contributed by atoms with Crippen LogP contribution in [-0.2, 0) is 0 Å². The molecule has 1 N–H and O–H groups in total. The van der Waals surface area contributed by atoms with Gasteiger partial charge in [-0.25, -0.2) is 13.9 Å². The van der Waals surface area contributed by atoms with Crippen molar-refractivity contribution < 1.29 is 14.0 Å². The van der Waals surface area contributed by atoms with Gasteiger partial charge in [-0.1, -0.05) is 24.3 Å². The van der Waals surface area contributed by atoms with Crippen LogP contribution in [0.4, 0.5) is 10.1 Å². The van der Waals surface area contributed by atoms with E-state index >= 15 is 0 Å². The molecule has 32 heavy (non-hydrogen) atoms. The summed E-state index contributed by atoms with van der Waals surface area (Å²) < 4.78 is 15.0. The Bertz CT molecular complexity index is 1460. The molecule has 8 heteroatoms. The minimum atomic E-state index is -0.475. The Morgan fingerprint density at radius 1 is 1.00 bits per heavy atom. The molecule has 0 spiro atoms. The highest BCUT2D eigenvalue weighted by molar-refractivity contribution is 7.12. The van der Waals surface area contributed by atoms with Gasteiger partial charge in [-0.15, -0.1) is 11.3 Å². The summed E-state index contributed by atoms with van der Waals surface area (Å²) >= 11 is 1.37. The number of carbonyl (C=O) groups excluding carboxylic acids is 2. The lowest BCUT2D eigenvalue weighted by Crippen LogP contribution is -2.12. The van der Waals surface area contributed by atoms with E-state index in [2.05, 4.69) is 15.4 Å². The van der Waals surface area contributed by atoms with E-state index in [1.54, 1.807) is 47.1 Å². The predicted molar refractivity (Wildman–Crippen MR) is 121 cm³/mol. The minimum Gasteiger partial charge on any atom is -0.322 e. The van der Waals surface area contributed by atoms with Crippen molar-refractivity contribution in [3.8, 4) is 11.3 Å². The molecule has 0 unspecified atom stereocenters. The molecule has 0 atom stereocenters. The van der Waals surface area contributed by atoms with Crippen molar-refractivity contribution in [2.45, 2.75) is 0 Å². The lowest BCUT2D eigenvalue weighted by molar-refractivity contribution is 0.102. The standard InChI is InChI=1S/C24H15FN4O2S/c25-17-6-1-5-16(12-17)24(31)28-18-7-2-4-15(13-18)20-9-10-26-23-19(14-27-29(20)23)22(30)21-8-3-11-32-21/h1-14H,(H,28,31). The first-order chi connectivity index (χ1) is 15.6. The average molecular weight is 442 g/mol. The number of halogens is 1. The van der Waals surface area contributed by atoms with Crippen LogP contribution in [0.5, 0.6) is 0 Å². The van der Waals surface area contributed by atoms with Gasteiger partial charge in [0.15, 0.2) is 5.65 Å². The van der Waals surface area contributed by atoms with E-state index in [4.69, 9.17) is 0 Å². The summed E-state index contributed by atoms with van der Waals surface area (Å²) in [6.45, 7) is 0. The Morgan fingerprint density at radius 2 is 1.88 bits per heavy atom. The van der Waals surface area contributed by atoms with Crippen LogP contribution in [0.15, 0.2) is 84.5 Å². The molecule has 156 valence electrons. The normalized spacial score (nSPS) is 10.9. The van der Waals surface area contributed by atoms with Gasteiger partial charge in [0.25, 0.3) is 5.91 Å². The quantitative estimate of drug-likeness (QED) is 0.385. The summed E-state index contributed by atoms with van der Waals surface area (Å²) in [7, 11) is 0. The van der Waals surface area contributed by atoms with Crippen LogP contribution in [0.1, 0.15) is 25.6 Å². The van der Waals surface area contributed by atoms with Gasteiger partial charge < -0.3 is 5.32 Å². The summed E-state index contributed by atoms with van der Waals surface area (Å²) in [5.74, 6) is -1.02. The van der Waals surface area contributed by atoms with Crippen LogP contribution in [0, 0.1) is 5.82 Å². The topological polar surface area (TPSA) is 76.4 Å². The number of benzene rings is 2. The number of aromatic nitrogens is 3.